The highest BCUT2D eigenvalue weighted by molar-refractivity contribution is 8.00. The van der Waals surface area contributed by atoms with Crippen molar-refractivity contribution in [2.45, 2.75) is 43.4 Å². The Morgan fingerprint density at radius 1 is 1.21 bits per heavy atom. The fourth-order valence-corrected chi connectivity index (χ4v) is 2.27. The van der Waals surface area contributed by atoms with Crippen molar-refractivity contribution in [1.29, 1.82) is 0 Å². The second kappa shape index (κ2) is 6.10. The Balaban J connectivity index is 2.64. The Morgan fingerprint density at radius 3 is 2.16 bits per heavy atom. The highest BCUT2D eigenvalue weighted by Gasteiger charge is 2.20. The van der Waals surface area contributed by atoms with E-state index in [0.29, 0.717) is 0 Å². The van der Waals surface area contributed by atoms with Crippen LogP contribution in [0.2, 0.25) is 0 Å². The monoisotopic (exact) mass is 281 g/mol. The van der Waals surface area contributed by atoms with E-state index in [0.717, 1.165) is 4.90 Å². The molecule has 0 heterocycles. The van der Waals surface area contributed by atoms with E-state index in [2.05, 4.69) is 5.32 Å². The number of rotatable bonds is 4. The maximum atomic E-state index is 11.9. The largest absolute Gasteiger partial charge is 0.478 e. The summed E-state index contributed by atoms with van der Waals surface area (Å²) in [6.07, 6.45) is 0. The lowest BCUT2D eigenvalue weighted by Crippen LogP contribution is -2.44. The number of aromatic carboxylic acids is 1. The van der Waals surface area contributed by atoms with Gasteiger partial charge in [-0.3, -0.25) is 4.79 Å². The van der Waals surface area contributed by atoms with Crippen molar-refractivity contribution in [2.24, 2.45) is 0 Å². The van der Waals surface area contributed by atoms with Crippen molar-refractivity contribution >= 4 is 23.6 Å². The van der Waals surface area contributed by atoms with Crippen LogP contribution >= 0.6 is 11.8 Å². The fourth-order valence-electron chi connectivity index (χ4n) is 1.40. The predicted octanol–water partition coefficient (Wildman–Crippen LogP) is 2.78. The van der Waals surface area contributed by atoms with Crippen molar-refractivity contribution in [3.63, 3.8) is 0 Å². The zero-order valence-electron chi connectivity index (χ0n) is 11.6. The van der Waals surface area contributed by atoms with E-state index in [4.69, 9.17) is 5.11 Å². The van der Waals surface area contributed by atoms with Gasteiger partial charge in [-0.15, -0.1) is 11.8 Å². The SMILES string of the molecule is CC(Sc1ccc(C(=O)O)cc1)C(=O)NC(C)(C)C. The molecule has 1 unspecified atom stereocenters. The highest BCUT2D eigenvalue weighted by Crippen LogP contribution is 2.24. The molecule has 0 aliphatic rings. The molecule has 5 heteroatoms. The van der Waals surface area contributed by atoms with Crippen molar-refractivity contribution in [1.82, 2.24) is 5.32 Å². The molecule has 0 fully saturated rings. The van der Waals surface area contributed by atoms with E-state index in [1.54, 1.807) is 24.3 Å². The van der Waals surface area contributed by atoms with Gasteiger partial charge in [0.1, 0.15) is 0 Å². The van der Waals surface area contributed by atoms with Crippen molar-refractivity contribution in [3.05, 3.63) is 29.8 Å². The van der Waals surface area contributed by atoms with Crippen LogP contribution in [0.15, 0.2) is 29.2 Å². The minimum Gasteiger partial charge on any atom is -0.478 e. The van der Waals surface area contributed by atoms with Crippen molar-refractivity contribution in [3.8, 4) is 0 Å². The van der Waals surface area contributed by atoms with Gasteiger partial charge in [0, 0.05) is 10.4 Å². The number of amides is 1. The lowest BCUT2D eigenvalue weighted by Gasteiger charge is -2.23. The number of nitrogens with one attached hydrogen (secondary N) is 1. The van der Waals surface area contributed by atoms with Crippen LogP contribution in [0, 0.1) is 0 Å². The number of carbonyl (C=O) groups is 2. The average Bonchev–Trinajstić information content (AvgIpc) is 2.27. The number of carboxylic acids is 1. The zero-order chi connectivity index (χ0) is 14.6. The summed E-state index contributed by atoms with van der Waals surface area (Å²) in [6.45, 7) is 7.63. The minimum atomic E-state index is -0.949. The molecule has 0 spiro atoms. The van der Waals surface area contributed by atoms with Crippen LogP contribution in [0.3, 0.4) is 0 Å². The van der Waals surface area contributed by atoms with E-state index >= 15 is 0 Å². The van der Waals surface area contributed by atoms with E-state index in [1.165, 1.54) is 11.8 Å². The third-order valence-electron chi connectivity index (χ3n) is 2.28. The number of thioether (sulfide) groups is 1. The number of carbonyl (C=O) groups excluding carboxylic acids is 1. The second-order valence-electron chi connectivity index (χ2n) is 5.33. The normalized spacial score (nSPS) is 12.8. The summed E-state index contributed by atoms with van der Waals surface area (Å²) >= 11 is 1.41. The van der Waals surface area contributed by atoms with Crippen LogP contribution < -0.4 is 5.32 Å². The Kier molecular flexibility index (Phi) is 5.00. The summed E-state index contributed by atoms with van der Waals surface area (Å²) < 4.78 is 0. The van der Waals surface area contributed by atoms with Gasteiger partial charge in [-0.1, -0.05) is 0 Å². The molecule has 0 bridgehead atoms. The highest BCUT2D eigenvalue weighted by atomic mass is 32.2. The molecule has 1 amide bonds. The molecular formula is C14H19NO3S. The molecule has 0 saturated heterocycles. The summed E-state index contributed by atoms with van der Waals surface area (Å²) in [5, 5.41) is 11.5. The predicted molar refractivity (Wildman–Crippen MR) is 76.6 cm³/mol. The maximum absolute atomic E-state index is 11.9. The summed E-state index contributed by atoms with van der Waals surface area (Å²) in [6, 6.07) is 6.52. The lowest BCUT2D eigenvalue weighted by molar-refractivity contribution is -0.121. The zero-order valence-corrected chi connectivity index (χ0v) is 12.4. The van der Waals surface area contributed by atoms with Gasteiger partial charge >= 0.3 is 5.97 Å². The summed E-state index contributed by atoms with van der Waals surface area (Å²) in [7, 11) is 0. The molecule has 0 aromatic heterocycles. The topological polar surface area (TPSA) is 66.4 Å². The Hall–Kier alpha value is -1.49. The van der Waals surface area contributed by atoms with E-state index in [9.17, 15) is 9.59 Å². The van der Waals surface area contributed by atoms with Gasteiger partial charge in [0.2, 0.25) is 5.91 Å². The van der Waals surface area contributed by atoms with Crippen molar-refractivity contribution in [2.75, 3.05) is 0 Å². The quantitative estimate of drug-likeness (QED) is 0.833. The number of hydrogen-bond acceptors (Lipinski definition) is 3. The van der Waals surface area contributed by atoms with Gasteiger partial charge in [0.05, 0.1) is 10.8 Å². The molecule has 0 radical (unpaired) electrons. The second-order valence-corrected chi connectivity index (χ2v) is 6.74. The molecule has 104 valence electrons. The van der Waals surface area contributed by atoms with Crippen LogP contribution in [0.4, 0.5) is 0 Å². The summed E-state index contributed by atoms with van der Waals surface area (Å²) in [5.74, 6) is -0.977. The first kappa shape index (κ1) is 15.6. The maximum Gasteiger partial charge on any atom is 0.335 e. The van der Waals surface area contributed by atoms with Crippen molar-refractivity contribution < 1.29 is 14.7 Å². The molecule has 1 rings (SSSR count). The minimum absolute atomic E-state index is 0.0280. The number of benzene rings is 1. The standard InChI is InChI=1S/C14H19NO3S/c1-9(12(16)15-14(2,3)4)19-11-7-5-10(6-8-11)13(17)18/h5-9H,1-4H3,(H,15,16)(H,17,18). The van der Waals surface area contributed by atoms with Gasteiger partial charge in [-0.05, 0) is 52.0 Å². The Labute approximate surface area is 117 Å². The van der Waals surface area contributed by atoms with Crippen LogP contribution in [0.25, 0.3) is 0 Å². The van der Waals surface area contributed by atoms with Gasteiger partial charge in [-0.2, -0.15) is 0 Å². The first-order valence-electron chi connectivity index (χ1n) is 6.01. The smallest absolute Gasteiger partial charge is 0.335 e. The molecule has 4 nitrogen and oxygen atoms in total. The van der Waals surface area contributed by atoms with Crippen LogP contribution in [-0.2, 0) is 4.79 Å². The van der Waals surface area contributed by atoms with Crippen LogP contribution in [0.1, 0.15) is 38.1 Å². The lowest BCUT2D eigenvalue weighted by atomic mass is 10.1. The fraction of sp³-hybridized carbons (Fsp3) is 0.429. The summed E-state index contributed by atoms with van der Waals surface area (Å²) in [5.41, 5.74) is -0.00449. The van der Waals surface area contributed by atoms with E-state index in [-0.39, 0.29) is 22.3 Å². The third-order valence-corrected chi connectivity index (χ3v) is 3.39. The molecule has 2 N–H and O–H groups in total. The van der Waals surface area contributed by atoms with Gasteiger partial charge in [-0.25, -0.2) is 4.79 Å². The molecule has 0 aliphatic heterocycles. The first-order chi connectivity index (χ1) is 8.69. The Bertz CT molecular complexity index is 463. The van der Waals surface area contributed by atoms with E-state index < -0.39 is 5.97 Å². The van der Waals surface area contributed by atoms with Crippen LogP contribution in [0.5, 0.6) is 0 Å². The van der Waals surface area contributed by atoms with E-state index in [1.807, 2.05) is 27.7 Å². The molecule has 1 aromatic rings. The third kappa shape index (κ3) is 5.34. The Morgan fingerprint density at radius 2 is 1.74 bits per heavy atom. The molecule has 0 aliphatic carbocycles. The number of carboxylic acid groups (broad SMARTS) is 1. The molecule has 1 atom stereocenters. The van der Waals surface area contributed by atoms with Crippen LogP contribution in [-0.4, -0.2) is 27.8 Å². The molecular weight excluding hydrogens is 262 g/mol. The molecule has 1 aromatic carbocycles. The molecule has 0 saturated carbocycles. The number of hydrogen-bond donors (Lipinski definition) is 2. The molecule has 19 heavy (non-hydrogen) atoms. The van der Waals surface area contributed by atoms with Gasteiger partial charge in [0.15, 0.2) is 0 Å². The van der Waals surface area contributed by atoms with Gasteiger partial charge in [0.25, 0.3) is 0 Å². The average molecular weight is 281 g/mol. The first-order valence-corrected chi connectivity index (χ1v) is 6.89. The summed E-state index contributed by atoms with van der Waals surface area (Å²) in [4.78, 5) is 23.5. The van der Waals surface area contributed by atoms with Gasteiger partial charge < -0.3 is 10.4 Å².